The number of anilines is 2. The molecule has 94 valence electrons. The Balaban J connectivity index is 2.74. The van der Waals surface area contributed by atoms with Crippen molar-refractivity contribution in [3.8, 4) is 11.1 Å². The summed E-state index contributed by atoms with van der Waals surface area (Å²) in [5.41, 5.74) is 12.1. The van der Waals surface area contributed by atoms with Gasteiger partial charge < -0.3 is 11.5 Å². The Morgan fingerprint density at radius 3 is 2.56 bits per heavy atom. The normalized spacial score (nSPS) is 10.6. The first-order valence-corrected chi connectivity index (χ1v) is 5.72. The fraction of sp³-hybridized carbons (Fsp3) is 0.0909. The van der Waals surface area contributed by atoms with Crippen molar-refractivity contribution in [3.05, 3.63) is 33.9 Å². The van der Waals surface area contributed by atoms with Crippen LogP contribution in [0, 0.1) is 0 Å². The molecule has 0 spiro atoms. The topological polar surface area (TPSA) is 77.8 Å². The fourth-order valence-electron chi connectivity index (χ4n) is 1.63. The monoisotopic (exact) mass is 286 g/mol. The number of rotatable bonds is 2. The third-order valence-corrected chi connectivity index (χ3v) is 3.20. The minimum atomic E-state index is -0.824. The quantitative estimate of drug-likeness (QED) is 0.889. The molecule has 1 aromatic heterocycles. The van der Waals surface area contributed by atoms with E-state index in [-0.39, 0.29) is 22.5 Å². The number of alkyl halides is 1. The molecule has 0 saturated heterocycles. The Labute approximate surface area is 113 Å². The van der Waals surface area contributed by atoms with Crippen LogP contribution in [0.25, 0.3) is 11.1 Å². The number of halogens is 3. The van der Waals surface area contributed by atoms with E-state index in [1.54, 1.807) is 18.2 Å². The van der Waals surface area contributed by atoms with E-state index < -0.39 is 6.67 Å². The van der Waals surface area contributed by atoms with Crippen LogP contribution in [0.15, 0.2) is 18.2 Å². The van der Waals surface area contributed by atoms with E-state index in [0.717, 1.165) is 0 Å². The molecule has 4 nitrogen and oxygen atoms in total. The van der Waals surface area contributed by atoms with Gasteiger partial charge in [0, 0.05) is 11.1 Å². The molecular weight excluding hydrogens is 278 g/mol. The highest BCUT2D eigenvalue weighted by Gasteiger charge is 2.17. The Hall–Kier alpha value is -1.59. The molecule has 4 N–H and O–H groups in total. The van der Waals surface area contributed by atoms with Crippen LogP contribution in [0.1, 0.15) is 5.69 Å². The van der Waals surface area contributed by atoms with E-state index in [1.807, 2.05) is 0 Å². The highest BCUT2D eigenvalue weighted by atomic mass is 35.5. The van der Waals surface area contributed by atoms with E-state index in [4.69, 9.17) is 34.7 Å². The summed E-state index contributed by atoms with van der Waals surface area (Å²) >= 11 is 12.0. The van der Waals surface area contributed by atoms with Gasteiger partial charge in [-0.2, -0.15) is 4.98 Å². The predicted octanol–water partition coefficient (Wildman–Crippen LogP) is 3.08. The van der Waals surface area contributed by atoms with Gasteiger partial charge in [0.2, 0.25) is 5.95 Å². The van der Waals surface area contributed by atoms with Crippen molar-refractivity contribution in [2.75, 3.05) is 11.5 Å². The lowest BCUT2D eigenvalue weighted by atomic mass is 10.0. The molecule has 0 aliphatic carbocycles. The molecule has 0 aliphatic heterocycles. The van der Waals surface area contributed by atoms with E-state index in [9.17, 15) is 4.39 Å². The molecule has 18 heavy (non-hydrogen) atoms. The van der Waals surface area contributed by atoms with Crippen LogP contribution in [-0.4, -0.2) is 9.97 Å². The second-order valence-electron chi connectivity index (χ2n) is 3.52. The van der Waals surface area contributed by atoms with Crippen LogP contribution >= 0.6 is 23.2 Å². The molecule has 1 heterocycles. The molecule has 0 radical (unpaired) electrons. The molecule has 0 unspecified atom stereocenters. The van der Waals surface area contributed by atoms with Gasteiger partial charge in [0.1, 0.15) is 12.5 Å². The van der Waals surface area contributed by atoms with Crippen LogP contribution in [-0.2, 0) is 6.67 Å². The van der Waals surface area contributed by atoms with Crippen molar-refractivity contribution < 1.29 is 4.39 Å². The molecule has 0 bridgehead atoms. The van der Waals surface area contributed by atoms with Crippen molar-refractivity contribution in [1.29, 1.82) is 0 Å². The van der Waals surface area contributed by atoms with Crippen LogP contribution < -0.4 is 11.5 Å². The van der Waals surface area contributed by atoms with Gasteiger partial charge in [-0.05, 0) is 6.07 Å². The molecule has 0 fully saturated rings. The Bertz CT molecular complexity index is 604. The summed E-state index contributed by atoms with van der Waals surface area (Å²) in [7, 11) is 0. The summed E-state index contributed by atoms with van der Waals surface area (Å²) in [6, 6.07) is 4.97. The standard InChI is InChI=1S/C11H9Cl2FN4/c12-6-3-1-2-5(9(6)13)8-7(4-14)17-11(16)18-10(8)15/h1-3H,4H2,(H4,15,16,17,18). The summed E-state index contributed by atoms with van der Waals surface area (Å²) in [4.78, 5) is 7.61. The third-order valence-electron chi connectivity index (χ3n) is 2.38. The van der Waals surface area contributed by atoms with Gasteiger partial charge in [-0.3, -0.25) is 0 Å². The molecular formula is C11H9Cl2FN4. The van der Waals surface area contributed by atoms with Crippen molar-refractivity contribution in [1.82, 2.24) is 9.97 Å². The number of hydrogen-bond acceptors (Lipinski definition) is 4. The SMILES string of the molecule is Nc1nc(N)c(-c2cccc(Cl)c2Cl)c(CF)n1. The van der Waals surface area contributed by atoms with Crippen molar-refractivity contribution in [2.24, 2.45) is 0 Å². The molecule has 2 rings (SSSR count). The van der Waals surface area contributed by atoms with Crippen LogP contribution in [0.5, 0.6) is 0 Å². The number of benzene rings is 1. The van der Waals surface area contributed by atoms with E-state index in [2.05, 4.69) is 9.97 Å². The lowest BCUT2D eigenvalue weighted by molar-refractivity contribution is 0.477. The second-order valence-corrected chi connectivity index (χ2v) is 4.31. The van der Waals surface area contributed by atoms with Gasteiger partial charge in [0.25, 0.3) is 0 Å². The van der Waals surface area contributed by atoms with Crippen LogP contribution in [0.2, 0.25) is 10.0 Å². The van der Waals surface area contributed by atoms with Crippen molar-refractivity contribution >= 4 is 35.0 Å². The Morgan fingerprint density at radius 1 is 1.17 bits per heavy atom. The van der Waals surface area contributed by atoms with Gasteiger partial charge in [-0.15, -0.1) is 0 Å². The smallest absolute Gasteiger partial charge is 0.222 e. The number of nitrogens with zero attached hydrogens (tertiary/aromatic N) is 2. The molecule has 0 atom stereocenters. The maximum atomic E-state index is 13.0. The molecule has 0 aliphatic rings. The highest BCUT2D eigenvalue weighted by Crippen LogP contribution is 2.37. The maximum Gasteiger partial charge on any atom is 0.222 e. The molecule has 7 heteroatoms. The maximum absolute atomic E-state index is 13.0. The summed E-state index contributed by atoms with van der Waals surface area (Å²) in [5.74, 6) is -0.0126. The molecule has 2 aromatic rings. The number of nitrogens with two attached hydrogens (primary N) is 2. The zero-order valence-electron chi connectivity index (χ0n) is 9.12. The highest BCUT2D eigenvalue weighted by molar-refractivity contribution is 6.43. The number of aromatic nitrogens is 2. The van der Waals surface area contributed by atoms with Gasteiger partial charge in [0.15, 0.2) is 0 Å². The Kier molecular flexibility index (Phi) is 3.54. The van der Waals surface area contributed by atoms with Gasteiger partial charge in [0.05, 0.1) is 15.7 Å². The summed E-state index contributed by atoms with van der Waals surface area (Å²) < 4.78 is 13.0. The van der Waals surface area contributed by atoms with Gasteiger partial charge in [-0.25, -0.2) is 9.37 Å². The minimum Gasteiger partial charge on any atom is -0.383 e. The van der Waals surface area contributed by atoms with E-state index >= 15 is 0 Å². The van der Waals surface area contributed by atoms with Crippen LogP contribution in [0.4, 0.5) is 16.2 Å². The zero-order chi connectivity index (χ0) is 13.3. The number of hydrogen-bond donors (Lipinski definition) is 2. The third kappa shape index (κ3) is 2.19. The van der Waals surface area contributed by atoms with E-state index in [0.29, 0.717) is 16.1 Å². The zero-order valence-corrected chi connectivity index (χ0v) is 10.6. The first kappa shape index (κ1) is 12.9. The summed E-state index contributed by atoms with van der Waals surface area (Å²) in [6.45, 7) is -0.824. The van der Waals surface area contributed by atoms with Crippen molar-refractivity contribution in [2.45, 2.75) is 6.67 Å². The minimum absolute atomic E-state index is 0.0688. The first-order valence-electron chi connectivity index (χ1n) is 4.96. The largest absolute Gasteiger partial charge is 0.383 e. The van der Waals surface area contributed by atoms with Gasteiger partial charge in [-0.1, -0.05) is 35.3 Å². The lowest BCUT2D eigenvalue weighted by Gasteiger charge is -2.11. The average molecular weight is 287 g/mol. The lowest BCUT2D eigenvalue weighted by Crippen LogP contribution is -2.06. The Morgan fingerprint density at radius 2 is 1.89 bits per heavy atom. The van der Waals surface area contributed by atoms with E-state index in [1.165, 1.54) is 0 Å². The molecule has 0 amide bonds. The van der Waals surface area contributed by atoms with Gasteiger partial charge >= 0.3 is 0 Å². The van der Waals surface area contributed by atoms with Crippen molar-refractivity contribution in [3.63, 3.8) is 0 Å². The van der Waals surface area contributed by atoms with Crippen LogP contribution in [0.3, 0.4) is 0 Å². The summed E-state index contributed by atoms with van der Waals surface area (Å²) in [5, 5.41) is 0.615. The summed E-state index contributed by atoms with van der Waals surface area (Å²) in [6.07, 6.45) is 0. The number of nitrogen functional groups attached to an aromatic ring is 2. The fourth-order valence-corrected chi connectivity index (χ4v) is 2.03. The average Bonchev–Trinajstić information content (AvgIpc) is 2.32. The second kappa shape index (κ2) is 4.96. The first-order chi connectivity index (χ1) is 8.54. The predicted molar refractivity (Wildman–Crippen MR) is 71.1 cm³/mol. The molecule has 0 saturated carbocycles. The molecule has 1 aromatic carbocycles.